The van der Waals surface area contributed by atoms with Gasteiger partial charge in [-0.25, -0.2) is 4.98 Å². The van der Waals surface area contributed by atoms with Crippen molar-refractivity contribution in [3.05, 3.63) is 57.7 Å². The third kappa shape index (κ3) is 4.25. The molecule has 0 atom stereocenters. The van der Waals surface area contributed by atoms with E-state index in [9.17, 15) is 13.2 Å². The molecule has 2 aromatic rings. The highest BCUT2D eigenvalue weighted by Gasteiger charge is 2.31. The first-order chi connectivity index (χ1) is 10.3. The zero-order valence-corrected chi connectivity index (χ0v) is 12.9. The van der Waals surface area contributed by atoms with Gasteiger partial charge in [0.1, 0.15) is 0 Å². The first-order valence-electron chi connectivity index (χ1n) is 5.75. The number of hydrazone groups is 1. The van der Waals surface area contributed by atoms with Gasteiger partial charge in [0.25, 0.3) is 0 Å². The lowest BCUT2D eigenvalue weighted by molar-refractivity contribution is -0.137. The Kier molecular flexibility index (Phi) is 5.16. The normalized spacial score (nSPS) is 12.4. The van der Waals surface area contributed by atoms with Gasteiger partial charge in [0, 0.05) is 16.8 Å². The summed E-state index contributed by atoms with van der Waals surface area (Å²) in [6.45, 7) is 0. The van der Waals surface area contributed by atoms with Gasteiger partial charge in [0.15, 0.2) is 11.0 Å². The van der Waals surface area contributed by atoms with Crippen molar-refractivity contribution in [2.45, 2.75) is 6.18 Å². The molecule has 0 unspecified atom stereocenters. The summed E-state index contributed by atoms with van der Waals surface area (Å²) < 4.78 is 37.5. The molecule has 116 valence electrons. The van der Waals surface area contributed by atoms with Crippen LogP contribution < -0.4 is 5.43 Å². The highest BCUT2D eigenvalue weighted by molar-refractivity contribution is 6.69. The van der Waals surface area contributed by atoms with Gasteiger partial charge in [-0.3, -0.25) is 5.43 Å². The third-order valence-corrected chi connectivity index (χ3v) is 3.35. The summed E-state index contributed by atoms with van der Waals surface area (Å²) in [7, 11) is 0. The molecule has 0 bridgehead atoms. The van der Waals surface area contributed by atoms with Crippen LogP contribution in [0.4, 0.5) is 19.0 Å². The number of nitrogens with zero attached hydrogens (tertiary/aromatic N) is 2. The van der Waals surface area contributed by atoms with Gasteiger partial charge < -0.3 is 0 Å². The second kappa shape index (κ2) is 6.73. The van der Waals surface area contributed by atoms with Crippen molar-refractivity contribution in [3.8, 4) is 0 Å². The summed E-state index contributed by atoms with van der Waals surface area (Å²) in [5.41, 5.74) is 2.04. The van der Waals surface area contributed by atoms with Crippen LogP contribution in [0.5, 0.6) is 0 Å². The van der Waals surface area contributed by atoms with Crippen molar-refractivity contribution in [2.75, 3.05) is 5.43 Å². The summed E-state index contributed by atoms with van der Waals surface area (Å²) in [6.07, 6.45) is -3.86. The van der Waals surface area contributed by atoms with Crippen LogP contribution >= 0.6 is 34.8 Å². The number of anilines is 1. The van der Waals surface area contributed by atoms with Crippen molar-refractivity contribution in [1.82, 2.24) is 4.98 Å². The minimum absolute atomic E-state index is 0.0400. The van der Waals surface area contributed by atoms with E-state index >= 15 is 0 Å². The molecule has 1 aromatic carbocycles. The second-order valence-electron chi connectivity index (χ2n) is 4.07. The molecule has 0 fully saturated rings. The predicted molar refractivity (Wildman–Crippen MR) is 81.7 cm³/mol. The second-order valence-corrected chi connectivity index (χ2v) is 5.28. The van der Waals surface area contributed by atoms with E-state index in [2.05, 4.69) is 15.5 Å². The molecular formula is C13H7Cl3F3N3. The fraction of sp³-hybridized carbons (Fsp3) is 0.0769. The lowest BCUT2D eigenvalue weighted by Crippen LogP contribution is -2.07. The van der Waals surface area contributed by atoms with Crippen molar-refractivity contribution < 1.29 is 13.2 Å². The van der Waals surface area contributed by atoms with Gasteiger partial charge in [0.2, 0.25) is 0 Å². The molecule has 0 aliphatic carbocycles. The van der Waals surface area contributed by atoms with Crippen molar-refractivity contribution in [2.24, 2.45) is 5.10 Å². The standard InChI is InChI=1S/C13H7Cl3F3N3/c14-9-3-1-7(2-4-9)11(16)21-22-12-10(15)5-8(6-20-12)13(17,18)19/h1-6H,(H,20,22). The van der Waals surface area contributed by atoms with E-state index < -0.39 is 11.7 Å². The predicted octanol–water partition coefficient (Wildman–Crippen LogP) is 5.42. The Morgan fingerprint density at radius 1 is 1.14 bits per heavy atom. The van der Waals surface area contributed by atoms with E-state index in [0.717, 1.165) is 6.07 Å². The van der Waals surface area contributed by atoms with Crippen LogP contribution in [0.25, 0.3) is 0 Å². The van der Waals surface area contributed by atoms with Crippen LogP contribution in [0.1, 0.15) is 11.1 Å². The monoisotopic (exact) mass is 367 g/mol. The molecule has 0 spiro atoms. The molecule has 0 amide bonds. The van der Waals surface area contributed by atoms with Crippen molar-refractivity contribution >= 4 is 45.8 Å². The Balaban J connectivity index is 2.17. The molecule has 0 radical (unpaired) electrons. The van der Waals surface area contributed by atoms with Crippen molar-refractivity contribution in [1.29, 1.82) is 0 Å². The van der Waals surface area contributed by atoms with Gasteiger partial charge in [0.05, 0.1) is 10.6 Å². The van der Waals surface area contributed by atoms with E-state index in [0.29, 0.717) is 16.8 Å². The fourth-order valence-electron chi connectivity index (χ4n) is 1.43. The Morgan fingerprint density at radius 2 is 1.77 bits per heavy atom. The lowest BCUT2D eigenvalue weighted by atomic mass is 10.2. The summed E-state index contributed by atoms with van der Waals surface area (Å²) in [6, 6.07) is 7.27. The van der Waals surface area contributed by atoms with Crippen molar-refractivity contribution in [3.63, 3.8) is 0 Å². The van der Waals surface area contributed by atoms with E-state index in [1.807, 2.05) is 0 Å². The minimum Gasteiger partial charge on any atom is -0.259 e. The number of halogens is 6. The summed E-state index contributed by atoms with van der Waals surface area (Å²) >= 11 is 17.4. The van der Waals surface area contributed by atoms with Crippen LogP contribution in [0.2, 0.25) is 10.0 Å². The molecule has 22 heavy (non-hydrogen) atoms. The van der Waals surface area contributed by atoms with Crippen LogP contribution in [0, 0.1) is 0 Å². The highest BCUT2D eigenvalue weighted by atomic mass is 35.5. The maximum atomic E-state index is 12.5. The average molecular weight is 369 g/mol. The molecular weight excluding hydrogens is 362 g/mol. The molecule has 0 saturated carbocycles. The van der Waals surface area contributed by atoms with E-state index in [1.165, 1.54) is 0 Å². The molecule has 0 saturated heterocycles. The fourth-order valence-corrected chi connectivity index (χ4v) is 1.93. The lowest BCUT2D eigenvalue weighted by Gasteiger charge is -2.08. The number of aromatic nitrogens is 1. The Labute approximate surface area is 138 Å². The van der Waals surface area contributed by atoms with Gasteiger partial charge in [-0.15, -0.1) is 0 Å². The molecule has 0 aliphatic heterocycles. The smallest absolute Gasteiger partial charge is 0.259 e. The Bertz CT molecular complexity index is 700. The molecule has 2 rings (SSSR count). The molecule has 1 N–H and O–H groups in total. The topological polar surface area (TPSA) is 37.3 Å². The summed E-state index contributed by atoms with van der Waals surface area (Å²) in [4.78, 5) is 3.57. The Hall–Kier alpha value is -1.50. The minimum atomic E-state index is -4.51. The van der Waals surface area contributed by atoms with Gasteiger partial charge >= 0.3 is 6.18 Å². The zero-order chi connectivity index (χ0) is 16.3. The molecule has 0 aliphatic rings. The number of rotatable bonds is 3. The van der Waals surface area contributed by atoms with Crippen LogP contribution in [-0.2, 0) is 6.18 Å². The van der Waals surface area contributed by atoms with Gasteiger partial charge in [-0.05, 0) is 18.2 Å². The number of benzene rings is 1. The van der Waals surface area contributed by atoms with E-state index in [1.54, 1.807) is 24.3 Å². The van der Waals surface area contributed by atoms with Crippen LogP contribution in [-0.4, -0.2) is 10.2 Å². The first-order valence-corrected chi connectivity index (χ1v) is 6.88. The molecule has 9 heteroatoms. The number of pyridine rings is 1. The largest absolute Gasteiger partial charge is 0.417 e. The SMILES string of the molecule is FC(F)(F)c1cnc(NN=C(Cl)c2ccc(Cl)cc2)c(Cl)c1. The third-order valence-electron chi connectivity index (χ3n) is 2.51. The zero-order valence-electron chi connectivity index (χ0n) is 10.6. The van der Waals surface area contributed by atoms with E-state index in [4.69, 9.17) is 34.8 Å². The first kappa shape index (κ1) is 16.9. The van der Waals surface area contributed by atoms with E-state index in [-0.39, 0.29) is 16.0 Å². The number of nitrogens with one attached hydrogen (secondary N) is 1. The van der Waals surface area contributed by atoms with Crippen LogP contribution in [0.3, 0.4) is 0 Å². The quantitative estimate of drug-likeness (QED) is 0.580. The highest BCUT2D eigenvalue weighted by Crippen LogP contribution is 2.32. The van der Waals surface area contributed by atoms with Gasteiger partial charge in [-0.1, -0.05) is 46.9 Å². The summed E-state index contributed by atoms with van der Waals surface area (Å²) in [5.74, 6) is -0.0400. The Morgan fingerprint density at radius 3 is 2.32 bits per heavy atom. The maximum absolute atomic E-state index is 12.5. The maximum Gasteiger partial charge on any atom is 0.417 e. The number of alkyl halides is 3. The molecule has 3 nitrogen and oxygen atoms in total. The summed E-state index contributed by atoms with van der Waals surface area (Å²) in [5, 5.41) is 4.20. The van der Waals surface area contributed by atoms with Crippen LogP contribution in [0.15, 0.2) is 41.6 Å². The number of hydrogen-bond donors (Lipinski definition) is 1. The number of hydrogen-bond acceptors (Lipinski definition) is 3. The van der Waals surface area contributed by atoms with Gasteiger partial charge in [-0.2, -0.15) is 18.3 Å². The average Bonchev–Trinajstić information content (AvgIpc) is 2.45. The molecule has 1 aromatic heterocycles. The molecule has 1 heterocycles.